The second-order valence-corrected chi connectivity index (χ2v) is 5.18. The highest BCUT2D eigenvalue weighted by Gasteiger charge is 2.21. The Bertz CT molecular complexity index is 279. The number of hydrogen-bond acceptors (Lipinski definition) is 2. The maximum Gasteiger partial charge on any atom is 0.0602 e. The smallest absolute Gasteiger partial charge is 0.0602 e. The number of aliphatic hydroxyl groups excluding tert-OH is 2. The van der Waals surface area contributed by atoms with Crippen LogP contribution in [0.25, 0.3) is 0 Å². The molecule has 0 radical (unpaired) electrons. The zero-order valence-corrected chi connectivity index (χ0v) is 11.3. The normalized spacial score (nSPS) is 28.1. The summed E-state index contributed by atoms with van der Waals surface area (Å²) in [6.07, 6.45) is 7.74. The van der Waals surface area contributed by atoms with Gasteiger partial charge in [0, 0.05) is 0 Å². The summed E-state index contributed by atoms with van der Waals surface area (Å²) in [6.45, 7) is 6.63. The Hall–Kier alpha value is -0.600. The molecule has 2 nitrogen and oxygen atoms in total. The molecule has 0 amide bonds. The van der Waals surface area contributed by atoms with Gasteiger partial charge in [-0.2, -0.15) is 0 Å². The van der Waals surface area contributed by atoms with E-state index in [1.807, 2.05) is 0 Å². The van der Waals surface area contributed by atoms with E-state index >= 15 is 0 Å². The standard InChI is InChI=1S/C15H26O2/c1-4-11(3)13(5-2)7-6-12-8-14(16)10-15(17)9-12/h6-7,11,14-17H,4-5,8-10H2,1-3H3/b13-7+/t11-,14+,15+/m0/s1. The zero-order chi connectivity index (χ0) is 12.8. The van der Waals surface area contributed by atoms with Crippen LogP contribution in [0.5, 0.6) is 0 Å². The molecule has 0 spiro atoms. The third-order valence-electron chi connectivity index (χ3n) is 3.73. The van der Waals surface area contributed by atoms with Crippen LogP contribution < -0.4 is 0 Å². The largest absolute Gasteiger partial charge is 0.393 e. The SMILES string of the molecule is CC/C(=C\C=C1C[C@@H](O)C[C@H](O)C1)[C@@H](C)CC. The van der Waals surface area contributed by atoms with Crippen molar-refractivity contribution < 1.29 is 10.2 Å². The number of allylic oxidation sites excluding steroid dienone is 3. The minimum Gasteiger partial charge on any atom is -0.393 e. The lowest BCUT2D eigenvalue weighted by molar-refractivity contribution is 0.0609. The number of hydrogen-bond donors (Lipinski definition) is 2. The monoisotopic (exact) mass is 238 g/mol. The number of aliphatic hydroxyl groups is 2. The average molecular weight is 238 g/mol. The molecule has 17 heavy (non-hydrogen) atoms. The van der Waals surface area contributed by atoms with Gasteiger partial charge in [-0.25, -0.2) is 0 Å². The van der Waals surface area contributed by atoms with Crippen molar-refractivity contribution in [2.45, 2.75) is 65.1 Å². The van der Waals surface area contributed by atoms with Gasteiger partial charge in [-0.3, -0.25) is 0 Å². The molecule has 0 aliphatic heterocycles. The Kier molecular flexibility index (Phi) is 5.93. The minimum absolute atomic E-state index is 0.368. The molecule has 1 aliphatic carbocycles. The van der Waals surface area contributed by atoms with Gasteiger partial charge in [0.15, 0.2) is 0 Å². The summed E-state index contributed by atoms with van der Waals surface area (Å²) in [6, 6.07) is 0. The Labute approximate surface area is 105 Å². The molecule has 3 atom stereocenters. The van der Waals surface area contributed by atoms with E-state index in [0.29, 0.717) is 25.2 Å². The maximum absolute atomic E-state index is 9.61. The molecule has 1 rings (SSSR count). The molecule has 1 aliphatic rings. The van der Waals surface area contributed by atoms with E-state index in [2.05, 4.69) is 32.9 Å². The van der Waals surface area contributed by atoms with Crippen molar-refractivity contribution in [2.75, 3.05) is 0 Å². The minimum atomic E-state index is -0.368. The number of rotatable bonds is 4. The van der Waals surface area contributed by atoms with Crippen LogP contribution in [0.2, 0.25) is 0 Å². The lowest BCUT2D eigenvalue weighted by Crippen LogP contribution is -2.24. The van der Waals surface area contributed by atoms with Crippen LogP contribution in [-0.2, 0) is 0 Å². The van der Waals surface area contributed by atoms with Crippen molar-refractivity contribution in [1.82, 2.24) is 0 Å². The van der Waals surface area contributed by atoms with E-state index in [0.717, 1.165) is 12.8 Å². The second-order valence-electron chi connectivity index (χ2n) is 5.18. The van der Waals surface area contributed by atoms with Gasteiger partial charge in [-0.1, -0.05) is 44.1 Å². The molecule has 0 heterocycles. The lowest BCUT2D eigenvalue weighted by atomic mass is 9.89. The van der Waals surface area contributed by atoms with E-state index in [9.17, 15) is 10.2 Å². The molecular weight excluding hydrogens is 212 g/mol. The maximum atomic E-state index is 9.61. The van der Waals surface area contributed by atoms with Crippen molar-refractivity contribution in [2.24, 2.45) is 5.92 Å². The molecule has 0 saturated heterocycles. The van der Waals surface area contributed by atoms with Crippen LogP contribution in [0.1, 0.15) is 52.9 Å². The summed E-state index contributed by atoms with van der Waals surface area (Å²) in [5.74, 6) is 0.621. The van der Waals surface area contributed by atoms with Crippen molar-refractivity contribution in [3.8, 4) is 0 Å². The quantitative estimate of drug-likeness (QED) is 0.789. The van der Waals surface area contributed by atoms with Gasteiger partial charge in [0.2, 0.25) is 0 Å². The van der Waals surface area contributed by atoms with Crippen LogP contribution in [0.15, 0.2) is 23.3 Å². The predicted molar refractivity (Wildman–Crippen MR) is 71.8 cm³/mol. The van der Waals surface area contributed by atoms with Crippen molar-refractivity contribution in [3.05, 3.63) is 23.3 Å². The van der Waals surface area contributed by atoms with E-state index in [4.69, 9.17) is 0 Å². The summed E-state index contributed by atoms with van der Waals surface area (Å²) in [5.41, 5.74) is 2.63. The van der Waals surface area contributed by atoms with Gasteiger partial charge < -0.3 is 10.2 Å². The molecule has 0 bridgehead atoms. The first-order valence-corrected chi connectivity index (χ1v) is 6.81. The van der Waals surface area contributed by atoms with Gasteiger partial charge in [0.25, 0.3) is 0 Å². The van der Waals surface area contributed by atoms with E-state index in [1.165, 1.54) is 11.1 Å². The molecule has 0 aromatic rings. The predicted octanol–water partition coefficient (Wildman–Crippen LogP) is 3.20. The third kappa shape index (κ3) is 4.64. The fourth-order valence-electron chi connectivity index (χ4n) is 2.42. The molecule has 0 unspecified atom stereocenters. The topological polar surface area (TPSA) is 40.5 Å². The molecule has 1 saturated carbocycles. The van der Waals surface area contributed by atoms with Gasteiger partial charge in [-0.15, -0.1) is 0 Å². The molecule has 2 N–H and O–H groups in total. The molecule has 0 aromatic carbocycles. The van der Waals surface area contributed by atoms with Crippen LogP contribution in [0.4, 0.5) is 0 Å². The van der Waals surface area contributed by atoms with E-state index < -0.39 is 0 Å². The van der Waals surface area contributed by atoms with Gasteiger partial charge >= 0.3 is 0 Å². The van der Waals surface area contributed by atoms with Gasteiger partial charge in [-0.05, 0) is 38.0 Å². The van der Waals surface area contributed by atoms with E-state index in [-0.39, 0.29) is 12.2 Å². The van der Waals surface area contributed by atoms with Crippen LogP contribution in [0.3, 0.4) is 0 Å². The molecule has 2 heteroatoms. The average Bonchev–Trinajstić information content (AvgIpc) is 2.28. The summed E-state index contributed by atoms with van der Waals surface area (Å²) in [7, 11) is 0. The first-order chi connectivity index (χ1) is 8.06. The summed E-state index contributed by atoms with van der Waals surface area (Å²) in [4.78, 5) is 0. The highest BCUT2D eigenvalue weighted by atomic mass is 16.3. The van der Waals surface area contributed by atoms with Crippen LogP contribution in [0, 0.1) is 5.92 Å². The van der Waals surface area contributed by atoms with Gasteiger partial charge in [0.05, 0.1) is 12.2 Å². The zero-order valence-electron chi connectivity index (χ0n) is 11.3. The Morgan fingerprint density at radius 3 is 2.35 bits per heavy atom. The van der Waals surface area contributed by atoms with Crippen LogP contribution >= 0.6 is 0 Å². The lowest BCUT2D eigenvalue weighted by Gasteiger charge is -2.24. The van der Waals surface area contributed by atoms with Crippen molar-refractivity contribution >= 4 is 0 Å². The fraction of sp³-hybridized carbons (Fsp3) is 0.733. The van der Waals surface area contributed by atoms with Crippen molar-refractivity contribution in [3.63, 3.8) is 0 Å². The summed E-state index contributed by atoms with van der Waals surface area (Å²) < 4.78 is 0. The first kappa shape index (κ1) is 14.5. The molecule has 98 valence electrons. The molecular formula is C15H26O2. The second kappa shape index (κ2) is 6.97. The molecule has 1 fully saturated rings. The van der Waals surface area contributed by atoms with Crippen LogP contribution in [-0.4, -0.2) is 22.4 Å². The Morgan fingerprint density at radius 1 is 1.29 bits per heavy atom. The summed E-state index contributed by atoms with van der Waals surface area (Å²) in [5, 5.41) is 19.2. The first-order valence-electron chi connectivity index (χ1n) is 6.81. The highest BCUT2D eigenvalue weighted by molar-refractivity contribution is 5.21. The van der Waals surface area contributed by atoms with E-state index in [1.54, 1.807) is 0 Å². The Balaban J connectivity index is 2.70. The fourth-order valence-corrected chi connectivity index (χ4v) is 2.42. The van der Waals surface area contributed by atoms with Gasteiger partial charge in [0.1, 0.15) is 0 Å². The Morgan fingerprint density at radius 2 is 1.88 bits per heavy atom. The highest BCUT2D eigenvalue weighted by Crippen LogP contribution is 2.25. The molecule has 0 aromatic heterocycles. The summed E-state index contributed by atoms with van der Waals surface area (Å²) >= 11 is 0. The van der Waals surface area contributed by atoms with Crippen molar-refractivity contribution in [1.29, 1.82) is 0 Å². The third-order valence-corrected chi connectivity index (χ3v) is 3.73.